The first-order valence-corrected chi connectivity index (χ1v) is 5.42. The first-order chi connectivity index (χ1) is 6.02. The minimum absolute atomic E-state index is 0.685. The fourth-order valence-electron chi connectivity index (χ4n) is 1.00. The summed E-state index contributed by atoms with van der Waals surface area (Å²) >= 11 is 6.61. The zero-order chi connectivity index (χ0) is 10.0. The maximum absolute atomic E-state index is 9.60. The Hall–Kier alpha value is 0.1000. The normalized spacial score (nSPS) is 15.5. The Balaban J connectivity index is 3.05. The molecule has 1 aromatic carbocycles. The van der Waals surface area contributed by atoms with Crippen LogP contribution < -0.4 is 0 Å². The molecule has 13 heavy (non-hydrogen) atoms. The van der Waals surface area contributed by atoms with Gasteiger partial charge in [-0.15, -0.1) is 0 Å². The molecular formula is C9H10Br2O2. The van der Waals surface area contributed by atoms with E-state index in [0.717, 1.165) is 8.95 Å². The van der Waals surface area contributed by atoms with Crippen molar-refractivity contribution in [1.29, 1.82) is 0 Å². The highest BCUT2D eigenvalue weighted by molar-refractivity contribution is 9.11. The number of hydrogen-bond donors (Lipinski definition) is 2. The molecule has 0 aromatic heterocycles. The lowest BCUT2D eigenvalue weighted by atomic mass is 10.1. The van der Waals surface area contributed by atoms with Gasteiger partial charge in [0, 0.05) is 8.95 Å². The molecule has 0 spiro atoms. The molecule has 2 N–H and O–H groups in total. The molecule has 0 aliphatic carbocycles. The SMILES string of the molecule is C[C@H](O)[C@@H](O)c1cc(Br)ccc1Br. The van der Waals surface area contributed by atoms with Gasteiger partial charge in [0.25, 0.3) is 0 Å². The van der Waals surface area contributed by atoms with E-state index in [9.17, 15) is 10.2 Å². The second kappa shape index (κ2) is 4.55. The Kier molecular flexibility index (Phi) is 3.91. The second-order valence-electron chi connectivity index (χ2n) is 2.85. The monoisotopic (exact) mass is 308 g/mol. The van der Waals surface area contributed by atoms with Crippen molar-refractivity contribution in [2.45, 2.75) is 19.1 Å². The van der Waals surface area contributed by atoms with E-state index < -0.39 is 12.2 Å². The molecule has 0 heterocycles. The molecule has 0 amide bonds. The molecule has 0 saturated carbocycles. The summed E-state index contributed by atoms with van der Waals surface area (Å²) in [7, 11) is 0. The molecule has 0 aliphatic rings. The average Bonchev–Trinajstić information content (AvgIpc) is 2.08. The van der Waals surface area contributed by atoms with Gasteiger partial charge in [0.15, 0.2) is 0 Å². The fraction of sp³-hybridized carbons (Fsp3) is 0.333. The second-order valence-corrected chi connectivity index (χ2v) is 4.62. The highest BCUT2D eigenvalue weighted by atomic mass is 79.9. The number of benzene rings is 1. The molecule has 0 unspecified atom stereocenters. The van der Waals surface area contributed by atoms with Gasteiger partial charge in [-0.1, -0.05) is 31.9 Å². The van der Waals surface area contributed by atoms with Crippen LogP contribution in [-0.4, -0.2) is 16.3 Å². The van der Waals surface area contributed by atoms with Gasteiger partial charge < -0.3 is 10.2 Å². The van der Waals surface area contributed by atoms with Crippen molar-refractivity contribution >= 4 is 31.9 Å². The van der Waals surface area contributed by atoms with Crippen LogP contribution in [0.25, 0.3) is 0 Å². The molecule has 0 bridgehead atoms. The van der Waals surface area contributed by atoms with Crippen LogP contribution in [0.4, 0.5) is 0 Å². The van der Waals surface area contributed by atoms with Gasteiger partial charge in [-0.3, -0.25) is 0 Å². The van der Waals surface area contributed by atoms with Gasteiger partial charge in [0.1, 0.15) is 6.10 Å². The van der Waals surface area contributed by atoms with Crippen molar-refractivity contribution in [3.8, 4) is 0 Å². The fourth-order valence-corrected chi connectivity index (χ4v) is 1.86. The quantitative estimate of drug-likeness (QED) is 0.881. The third-order valence-electron chi connectivity index (χ3n) is 1.73. The van der Waals surface area contributed by atoms with E-state index in [0.29, 0.717) is 5.56 Å². The Morgan fingerprint density at radius 2 is 1.85 bits per heavy atom. The van der Waals surface area contributed by atoms with E-state index in [1.807, 2.05) is 12.1 Å². The lowest BCUT2D eigenvalue weighted by Gasteiger charge is -2.15. The van der Waals surface area contributed by atoms with E-state index >= 15 is 0 Å². The lowest BCUT2D eigenvalue weighted by Crippen LogP contribution is -2.14. The molecule has 1 rings (SSSR count). The zero-order valence-corrected chi connectivity index (χ0v) is 10.2. The van der Waals surface area contributed by atoms with Crippen LogP contribution in [0.3, 0.4) is 0 Å². The zero-order valence-electron chi connectivity index (χ0n) is 7.04. The maximum atomic E-state index is 9.60. The van der Waals surface area contributed by atoms with Crippen LogP contribution >= 0.6 is 31.9 Å². The van der Waals surface area contributed by atoms with E-state index in [4.69, 9.17) is 0 Å². The first-order valence-electron chi connectivity index (χ1n) is 3.83. The largest absolute Gasteiger partial charge is 0.390 e. The summed E-state index contributed by atoms with van der Waals surface area (Å²) in [5.74, 6) is 0. The summed E-state index contributed by atoms with van der Waals surface area (Å²) in [6, 6.07) is 5.47. The number of aliphatic hydroxyl groups is 2. The average molecular weight is 310 g/mol. The molecule has 4 heteroatoms. The van der Waals surface area contributed by atoms with Crippen LogP contribution in [0.5, 0.6) is 0 Å². The van der Waals surface area contributed by atoms with Gasteiger partial charge >= 0.3 is 0 Å². The molecule has 72 valence electrons. The van der Waals surface area contributed by atoms with Gasteiger partial charge in [0.05, 0.1) is 6.10 Å². The number of halogens is 2. The molecule has 0 radical (unpaired) electrons. The Labute approximate surface area is 93.8 Å². The lowest BCUT2D eigenvalue weighted by molar-refractivity contribution is 0.0300. The van der Waals surface area contributed by atoms with Gasteiger partial charge in [-0.2, -0.15) is 0 Å². The minimum Gasteiger partial charge on any atom is -0.390 e. The van der Waals surface area contributed by atoms with Crippen molar-refractivity contribution in [2.24, 2.45) is 0 Å². The topological polar surface area (TPSA) is 40.5 Å². The third kappa shape index (κ3) is 2.77. The molecule has 2 nitrogen and oxygen atoms in total. The van der Waals surface area contributed by atoms with Crippen LogP contribution in [0.15, 0.2) is 27.1 Å². The Bertz CT molecular complexity index is 300. The first kappa shape index (κ1) is 11.2. The summed E-state index contributed by atoms with van der Waals surface area (Å²) in [5.41, 5.74) is 0.685. The molecule has 0 aliphatic heterocycles. The van der Waals surface area contributed by atoms with E-state index in [2.05, 4.69) is 31.9 Å². The number of rotatable bonds is 2. The van der Waals surface area contributed by atoms with Gasteiger partial charge in [-0.05, 0) is 30.7 Å². The molecule has 0 fully saturated rings. The van der Waals surface area contributed by atoms with Crippen LogP contribution in [0, 0.1) is 0 Å². The van der Waals surface area contributed by atoms with Crippen molar-refractivity contribution < 1.29 is 10.2 Å². The van der Waals surface area contributed by atoms with E-state index in [1.54, 1.807) is 13.0 Å². The summed E-state index contributed by atoms with van der Waals surface area (Å²) in [5, 5.41) is 18.8. The smallest absolute Gasteiger partial charge is 0.106 e. The standard InChI is InChI=1S/C9H10Br2O2/c1-5(12)9(13)7-4-6(10)2-3-8(7)11/h2-5,9,12-13H,1H3/t5-,9+/m0/s1. The molecular weight excluding hydrogens is 300 g/mol. The van der Waals surface area contributed by atoms with Crippen molar-refractivity contribution in [2.75, 3.05) is 0 Å². The van der Waals surface area contributed by atoms with Gasteiger partial charge in [-0.25, -0.2) is 0 Å². The van der Waals surface area contributed by atoms with Crippen LogP contribution in [-0.2, 0) is 0 Å². The highest BCUT2D eigenvalue weighted by Crippen LogP contribution is 2.28. The molecule has 1 aromatic rings. The molecule has 2 atom stereocenters. The summed E-state index contributed by atoms with van der Waals surface area (Å²) in [4.78, 5) is 0. The highest BCUT2D eigenvalue weighted by Gasteiger charge is 2.16. The number of hydrogen-bond acceptors (Lipinski definition) is 2. The number of aliphatic hydroxyl groups excluding tert-OH is 2. The van der Waals surface area contributed by atoms with E-state index in [-0.39, 0.29) is 0 Å². The van der Waals surface area contributed by atoms with Crippen molar-refractivity contribution in [3.05, 3.63) is 32.7 Å². The Morgan fingerprint density at radius 3 is 2.38 bits per heavy atom. The van der Waals surface area contributed by atoms with Crippen LogP contribution in [0.2, 0.25) is 0 Å². The summed E-state index contributed by atoms with van der Waals surface area (Å²) < 4.78 is 1.68. The predicted octanol–water partition coefficient (Wildman–Crippen LogP) is 2.63. The predicted molar refractivity (Wildman–Crippen MR) is 58.5 cm³/mol. The summed E-state index contributed by atoms with van der Waals surface area (Å²) in [6.45, 7) is 1.55. The third-order valence-corrected chi connectivity index (χ3v) is 2.95. The van der Waals surface area contributed by atoms with Crippen LogP contribution in [0.1, 0.15) is 18.6 Å². The van der Waals surface area contributed by atoms with Crippen molar-refractivity contribution in [3.63, 3.8) is 0 Å². The van der Waals surface area contributed by atoms with Crippen molar-refractivity contribution in [1.82, 2.24) is 0 Å². The maximum Gasteiger partial charge on any atom is 0.106 e. The van der Waals surface area contributed by atoms with E-state index in [1.165, 1.54) is 0 Å². The summed E-state index contributed by atoms with van der Waals surface area (Å²) in [6.07, 6.45) is -1.63. The molecule has 0 saturated heterocycles. The minimum atomic E-state index is -0.855. The van der Waals surface area contributed by atoms with Gasteiger partial charge in [0.2, 0.25) is 0 Å². The Morgan fingerprint density at radius 1 is 1.23 bits per heavy atom.